The number of aromatic nitrogens is 2. The van der Waals surface area contributed by atoms with Crippen molar-refractivity contribution in [2.75, 3.05) is 18.1 Å². The van der Waals surface area contributed by atoms with E-state index in [4.69, 9.17) is 0 Å². The van der Waals surface area contributed by atoms with E-state index in [9.17, 15) is 4.79 Å². The van der Waals surface area contributed by atoms with Crippen LogP contribution in [0.25, 0.3) is 0 Å². The Morgan fingerprint density at radius 2 is 2.24 bits per heavy atom. The molecule has 2 aromatic rings. The van der Waals surface area contributed by atoms with E-state index < -0.39 is 0 Å². The molecule has 2 aromatic heterocycles. The molecule has 0 atom stereocenters. The number of thioether (sulfide) groups is 1. The second-order valence-corrected chi connectivity index (χ2v) is 6.73. The van der Waals surface area contributed by atoms with Crippen molar-refractivity contribution in [3.05, 3.63) is 21.9 Å². The molecule has 90 valence electrons. The third-order valence-corrected chi connectivity index (χ3v) is 5.08. The summed E-state index contributed by atoms with van der Waals surface area (Å²) in [6.07, 6.45) is 0. The Hall–Kier alpha value is -0.920. The van der Waals surface area contributed by atoms with E-state index in [1.165, 1.54) is 34.4 Å². The molecule has 0 spiro atoms. The van der Waals surface area contributed by atoms with Crippen molar-refractivity contribution in [1.29, 1.82) is 0 Å². The highest BCUT2D eigenvalue weighted by Crippen LogP contribution is 2.26. The summed E-state index contributed by atoms with van der Waals surface area (Å²) in [5, 5.41) is 11.6. The standard InChI is InChI=1S/C10H11N3OS3/c1-6-3-4-8(16-6)7(14)5-15-10-13-12-9(11-2)17-10/h3-4H,5H2,1-2H3,(H,11,12). The fraction of sp³-hybridized carbons (Fsp3) is 0.300. The van der Waals surface area contributed by atoms with Gasteiger partial charge in [-0.25, -0.2) is 0 Å². The first kappa shape index (κ1) is 12.5. The quantitative estimate of drug-likeness (QED) is 0.676. The molecule has 0 radical (unpaired) electrons. The molecular weight excluding hydrogens is 274 g/mol. The number of ketones is 1. The molecule has 0 aliphatic carbocycles. The van der Waals surface area contributed by atoms with Gasteiger partial charge in [0.15, 0.2) is 10.1 Å². The maximum absolute atomic E-state index is 11.8. The zero-order chi connectivity index (χ0) is 12.3. The lowest BCUT2D eigenvalue weighted by atomic mass is 10.3. The lowest BCUT2D eigenvalue weighted by Gasteiger charge is -1.94. The van der Waals surface area contributed by atoms with Gasteiger partial charge in [0.1, 0.15) is 0 Å². The second kappa shape index (κ2) is 5.61. The van der Waals surface area contributed by atoms with Crippen LogP contribution in [0.2, 0.25) is 0 Å². The van der Waals surface area contributed by atoms with Crippen LogP contribution in [0, 0.1) is 6.92 Å². The molecule has 7 heteroatoms. The molecule has 1 N–H and O–H groups in total. The minimum atomic E-state index is 0.148. The number of Topliss-reactive ketones (excluding diaryl/α,β-unsaturated/α-hetero) is 1. The topological polar surface area (TPSA) is 54.9 Å². The molecule has 2 heterocycles. The monoisotopic (exact) mass is 285 g/mol. The zero-order valence-electron chi connectivity index (χ0n) is 9.39. The van der Waals surface area contributed by atoms with Crippen molar-refractivity contribution < 1.29 is 4.79 Å². The summed E-state index contributed by atoms with van der Waals surface area (Å²) in [6.45, 7) is 2.00. The minimum Gasteiger partial charge on any atom is -0.363 e. The number of anilines is 1. The van der Waals surface area contributed by atoms with Crippen molar-refractivity contribution in [2.24, 2.45) is 0 Å². The molecule has 0 amide bonds. The Balaban J connectivity index is 1.92. The number of aryl methyl sites for hydroxylation is 1. The molecule has 0 fully saturated rings. The van der Waals surface area contributed by atoms with Gasteiger partial charge in [-0.2, -0.15) is 0 Å². The largest absolute Gasteiger partial charge is 0.363 e. The summed E-state index contributed by atoms with van der Waals surface area (Å²) in [5.41, 5.74) is 0. The molecule has 0 aromatic carbocycles. The van der Waals surface area contributed by atoms with E-state index in [2.05, 4.69) is 15.5 Å². The third-order valence-electron chi connectivity index (χ3n) is 1.96. The molecule has 0 aliphatic heterocycles. The number of rotatable bonds is 5. The molecule has 0 saturated heterocycles. The highest BCUT2D eigenvalue weighted by Gasteiger charge is 2.11. The third kappa shape index (κ3) is 3.27. The average Bonchev–Trinajstić information content (AvgIpc) is 2.94. The first-order chi connectivity index (χ1) is 8.19. The van der Waals surface area contributed by atoms with Crippen molar-refractivity contribution in [1.82, 2.24) is 10.2 Å². The van der Waals surface area contributed by atoms with Gasteiger partial charge in [0, 0.05) is 11.9 Å². The van der Waals surface area contributed by atoms with Crippen LogP contribution in [0.5, 0.6) is 0 Å². The smallest absolute Gasteiger partial charge is 0.206 e. The number of carbonyl (C=O) groups is 1. The van der Waals surface area contributed by atoms with Crippen molar-refractivity contribution >= 4 is 45.4 Å². The summed E-state index contributed by atoms with van der Waals surface area (Å²) in [7, 11) is 1.80. The van der Waals surface area contributed by atoms with Crippen molar-refractivity contribution in [3.63, 3.8) is 0 Å². The molecule has 17 heavy (non-hydrogen) atoms. The van der Waals surface area contributed by atoms with Crippen LogP contribution >= 0.6 is 34.4 Å². The molecular formula is C10H11N3OS3. The number of carbonyl (C=O) groups excluding carboxylic acids is 1. The van der Waals surface area contributed by atoms with Gasteiger partial charge in [-0.05, 0) is 19.1 Å². The summed E-state index contributed by atoms with van der Waals surface area (Å²) in [5.74, 6) is 0.562. The van der Waals surface area contributed by atoms with Crippen LogP contribution in [0.3, 0.4) is 0 Å². The number of thiophene rings is 1. The van der Waals surface area contributed by atoms with Gasteiger partial charge in [0.05, 0.1) is 10.6 Å². The van der Waals surface area contributed by atoms with Crippen LogP contribution in [0.4, 0.5) is 5.13 Å². The SMILES string of the molecule is CNc1nnc(SCC(=O)c2ccc(C)s2)s1. The Bertz CT molecular complexity index is 520. The zero-order valence-corrected chi connectivity index (χ0v) is 11.8. The van der Waals surface area contributed by atoms with Crippen LogP contribution < -0.4 is 5.32 Å². The van der Waals surface area contributed by atoms with Gasteiger partial charge in [0.25, 0.3) is 0 Å². The van der Waals surface area contributed by atoms with E-state index in [0.717, 1.165) is 19.2 Å². The lowest BCUT2D eigenvalue weighted by Crippen LogP contribution is -1.98. The number of hydrogen-bond acceptors (Lipinski definition) is 7. The minimum absolute atomic E-state index is 0.148. The van der Waals surface area contributed by atoms with Crippen LogP contribution in [-0.2, 0) is 0 Å². The summed E-state index contributed by atoms with van der Waals surface area (Å²) in [6, 6.07) is 3.84. The van der Waals surface area contributed by atoms with E-state index >= 15 is 0 Å². The Morgan fingerprint density at radius 3 is 2.82 bits per heavy atom. The molecule has 0 bridgehead atoms. The molecule has 0 aliphatic rings. The lowest BCUT2D eigenvalue weighted by molar-refractivity contribution is 0.102. The Labute approximate surface area is 111 Å². The van der Waals surface area contributed by atoms with Gasteiger partial charge in [-0.1, -0.05) is 23.1 Å². The summed E-state index contributed by atoms with van der Waals surface area (Å²) >= 11 is 4.42. The van der Waals surface area contributed by atoms with Crippen LogP contribution in [0.15, 0.2) is 16.5 Å². The Morgan fingerprint density at radius 1 is 1.41 bits per heavy atom. The van der Waals surface area contributed by atoms with Crippen molar-refractivity contribution in [2.45, 2.75) is 11.3 Å². The summed E-state index contributed by atoms with van der Waals surface area (Å²) < 4.78 is 0.816. The van der Waals surface area contributed by atoms with E-state index in [-0.39, 0.29) is 5.78 Å². The van der Waals surface area contributed by atoms with Crippen molar-refractivity contribution in [3.8, 4) is 0 Å². The number of nitrogens with zero attached hydrogens (tertiary/aromatic N) is 2. The fourth-order valence-electron chi connectivity index (χ4n) is 1.15. The van der Waals surface area contributed by atoms with Crippen LogP contribution in [-0.4, -0.2) is 28.8 Å². The van der Waals surface area contributed by atoms with Gasteiger partial charge in [-0.15, -0.1) is 21.5 Å². The maximum atomic E-state index is 11.8. The van der Waals surface area contributed by atoms with E-state index in [0.29, 0.717) is 5.75 Å². The van der Waals surface area contributed by atoms with Crippen LogP contribution in [0.1, 0.15) is 14.5 Å². The number of hydrogen-bond donors (Lipinski definition) is 1. The second-order valence-electron chi connectivity index (χ2n) is 3.25. The molecule has 0 saturated carbocycles. The number of nitrogens with one attached hydrogen (secondary N) is 1. The molecule has 4 nitrogen and oxygen atoms in total. The van der Waals surface area contributed by atoms with E-state index in [1.807, 2.05) is 19.1 Å². The van der Waals surface area contributed by atoms with Gasteiger partial charge >= 0.3 is 0 Å². The van der Waals surface area contributed by atoms with Gasteiger partial charge < -0.3 is 5.32 Å². The molecule has 0 unspecified atom stereocenters. The highest BCUT2D eigenvalue weighted by molar-refractivity contribution is 8.01. The normalized spacial score (nSPS) is 10.5. The summed E-state index contributed by atoms with van der Waals surface area (Å²) in [4.78, 5) is 13.8. The Kier molecular flexibility index (Phi) is 4.14. The predicted octanol–water partition coefficient (Wildman–Crippen LogP) is 2.92. The average molecular weight is 285 g/mol. The maximum Gasteiger partial charge on any atom is 0.206 e. The first-order valence-electron chi connectivity index (χ1n) is 4.92. The van der Waals surface area contributed by atoms with E-state index in [1.54, 1.807) is 7.05 Å². The highest BCUT2D eigenvalue weighted by atomic mass is 32.2. The van der Waals surface area contributed by atoms with Gasteiger partial charge in [-0.3, -0.25) is 4.79 Å². The predicted molar refractivity (Wildman–Crippen MR) is 73.6 cm³/mol. The fourth-order valence-corrected chi connectivity index (χ4v) is 3.64. The van der Waals surface area contributed by atoms with Gasteiger partial charge in [0.2, 0.25) is 5.13 Å². The first-order valence-corrected chi connectivity index (χ1v) is 7.54. The molecule has 2 rings (SSSR count).